The van der Waals surface area contributed by atoms with Crippen LogP contribution in [0.4, 0.5) is 0 Å². The molecule has 4 atom stereocenters. The van der Waals surface area contributed by atoms with Gasteiger partial charge in [0.1, 0.15) is 12.6 Å². The number of likely N-dealkylation sites (N-methyl/N-ethyl adjacent to an activating group) is 1. The van der Waals surface area contributed by atoms with Crippen LogP contribution in [-0.4, -0.2) is 73.7 Å². The van der Waals surface area contributed by atoms with Gasteiger partial charge >= 0.3 is 0 Å². The number of rotatable bonds is 6. The molecule has 1 aromatic rings. The van der Waals surface area contributed by atoms with Crippen LogP contribution >= 0.6 is 0 Å². The molecule has 2 N–H and O–H groups in total. The molecule has 1 saturated carbocycles. The van der Waals surface area contributed by atoms with Gasteiger partial charge in [-0.2, -0.15) is 0 Å². The highest BCUT2D eigenvalue weighted by molar-refractivity contribution is 5.84. The topological polar surface area (TPSA) is 83.1 Å². The van der Waals surface area contributed by atoms with Crippen molar-refractivity contribution < 1.29 is 19.1 Å². The number of para-hydroxylation sites is 2. The number of nitrogens with one attached hydrogen (secondary N) is 2. The Balaban J connectivity index is 1.27. The van der Waals surface area contributed by atoms with Crippen LogP contribution in [0.2, 0.25) is 0 Å². The van der Waals surface area contributed by atoms with Crippen molar-refractivity contribution >= 4 is 11.8 Å². The highest BCUT2D eigenvalue weighted by Gasteiger charge is 2.50. The first-order valence-corrected chi connectivity index (χ1v) is 10.4. The predicted molar refractivity (Wildman–Crippen MR) is 107 cm³/mol. The molecule has 4 unspecified atom stereocenters. The fourth-order valence-electron chi connectivity index (χ4n) is 4.90. The van der Waals surface area contributed by atoms with Crippen molar-refractivity contribution in [2.24, 2.45) is 5.92 Å². The monoisotopic (exact) mass is 402 g/mol. The van der Waals surface area contributed by atoms with Crippen molar-refractivity contribution in [2.45, 2.75) is 43.8 Å². The average molecular weight is 402 g/mol. The summed E-state index contributed by atoms with van der Waals surface area (Å²) in [6.45, 7) is 1.66. The van der Waals surface area contributed by atoms with Gasteiger partial charge in [-0.05, 0) is 37.8 Å². The first-order valence-electron chi connectivity index (χ1n) is 10.4. The number of amides is 2. The first-order chi connectivity index (χ1) is 14.1. The largest absolute Gasteiger partial charge is 0.493 e. The Kier molecular flexibility index (Phi) is 5.91. The van der Waals surface area contributed by atoms with Gasteiger partial charge in [-0.3, -0.25) is 15.0 Å². The van der Waals surface area contributed by atoms with Crippen molar-refractivity contribution in [3.8, 4) is 11.5 Å². The summed E-state index contributed by atoms with van der Waals surface area (Å²) in [6.07, 6.45) is 3.33. The van der Waals surface area contributed by atoms with Crippen LogP contribution in [-0.2, 0) is 9.59 Å². The van der Waals surface area contributed by atoms with E-state index in [1.165, 1.54) is 0 Å². The van der Waals surface area contributed by atoms with Crippen LogP contribution in [0, 0.1) is 5.92 Å². The Bertz CT molecular complexity index is 758. The fourth-order valence-corrected chi connectivity index (χ4v) is 4.90. The number of carbonyl (C=O) groups excluding carboxylic acids is 2. The van der Waals surface area contributed by atoms with Gasteiger partial charge < -0.3 is 19.7 Å². The first kappa shape index (κ1) is 20.0. The lowest BCUT2D eigenvalue weighted by Gasteiger charge is -2.50. The minimum Gasteiger partial charge on any atom is -0.493 e. The van der Waals surface area contributed by atoms with Gasteiger partial charge in [0.15, 0.2) is 11.5 Å². The maximum Gasteiger partial charge on any atom is 0.241 e. The number of hydrogen-bond donors (Lipinski definition) is 2. The van der Waals surface area contributed by atoms with Gasteiger partial charge in [-0.25, -0.2) is 5.01 Å². The third-order valence-electron chi connectivity index (χ3n) is 6.42. The van der Waals surface area contributed by atoms with Gasteiger partial charge in [0.2, 0.25) is 11.8 Å². The minimum absolute atomic E-state index is 0.0428. The predicted octanol–water partition coefficient (Wildman–Crippen LogP) is 0.778. The molecule has 158 valence electrons. The molecule has 0 aromatic heterocycles. The third-order valence-corrected chi connectivity index (χ3v) is 6.42. The number of methoxy groups -OCH3 is 1. The molecule has 4 rings (SSSR count). The van der Waals surface area contributed by atoms with Crippen LogP contribution in [0.5, 0.6) is 11.5 Å². The van der Waals surface area contributed by atoms with Crippen molar-refractivity contribution in [3.63, 3.8) is 0 Å². The summed E-state index contributed by atoms with van der Waals surface area (Å²) in [6, 6.07) is 7.79. The SMILES string of the molecule is COc1ccccc1OCCNC(=O)C1CCC2C(C1)N(C)C(=O)C1CCNN12. The summed E-state index contributed by atoms with van der Waals surface area (Å²) in [5.74, 6) is 1.49. The summed E-state index contributed by atoms with van der Waals surface area (Å²) < 4.78 is 11.0. The van der Waals surface area contributed by atoms with E-state index in [1.807, 2.05) is 36.2 Å². The van der Waals surface area contributed by atoms with E-state index in [9.17, 15) is 9.59 Å². The van der Waals surface area contributed by atoms with Gasteiger partial charge in [-0.1, -0.05) is 12.1 Å². The Labute approximate surface area is 171 Å². The summed E-state index contributed by atoms with van der Waals surface area (Å²) in [5, 5.41) is 5.15. The number of benzene rings is 1. The molecule has 1 aromatic carbocycles. The zero-order valence-corrected chi connectivity index (χ0v) is 17.1. The highest BCUT2D eigenvalue weighted by Crippen LogP contribution is 2.36. The normalized spacial score (nSPS) is 29.2. The molecule has 1 aliphatic carbocycles. The maximum atomic E-state index is 12.7. The summed E-state index contributed by atoms with van der Waals surface area (Å²) >= 11 is 0. The van der Waals surface area contributed by atoms with E-state index in [0.29, 0.717) is 37.1 Å². The lowest BCUT2D eigenvalue weighted by molar-refractivity contribution is -0.153. The molecular formula is C21H30N4O4. The second-order valence-electron chi connectivity index (χ2n) is 8.00. The molecule has 3 fully saturated rings. The second kappa shape index (κ2) is 8.59. The Morgan fingerprint density at radius 2 is 2.00 bits per heavy atom. The number of carbonyl (C=O) groups is 2. The van der Waals surface area contributed by atoms with E-state index in [0.717, 1.165) is 25.8 Å². The van der Waals surface area contributed by atoms with Gasteiger partial charge in [0.05, 0.1) is 13.7 Å². The molecule has 2 heterocycles. The molecule has 0 spiro atoms. The van der Waals surface area contributed by atoms with Crippen LogP contribution in [0.25, 0.3) is 0 Å². The van der Waals surface area contributed by atoms with Crippen LogP contribution < -0.4 is 20.2 Å². The fraction of sp³-hybridized carbons (Fsp3) is 0.619. The molecule has 2 amide bonds. The van der Waals surface area contributed by atoms with E-state index in [4.69, 9.17) is 9.47 Å². The van der Waals surface area contributed by atoms with Crippen LogP contribution in [0.1, 0.15) is 25.7 Å². The molecule has 0 bridgehead atoms. The molecule has 2 aliphatic heterocycles. The lowest BCUT2D eigenvalue weighted by atomic mass is 9.79. The number of piperazine rings is 1. The number of nitrogens with zero attached hydrogens (tertiary/aromatic N) is 2. The standard InChI is InChI=1S/C21H30N4O4/c1-24-17-13-14(7-8-15(17)25-16(21(24)27)9-10-23-25)20(26)22-11-12-29-19-6-4-3-5-18(19)28-2/h3-6,14-17,23H,7-13H2,1-2H3,(H,22,26). The van der Waals surface area contributed by atoms with E-state index in [2.05, 4.69) is 15.8 Å². The molecule has 8 heteroatoms. The summed E-state index contributed by atoms with van der Waals surface area (Å²) in [7, 11) is 3.49. The van der Waals surface area contributed by atoms with E-state index in [-0.39, 0.29) is 29.8 Å². The third kappa shape index (κ3) is 3.91. The second-order valence-corrected chi connectivity index (χ2v) is 8.00. The van der Waals surface area contributed by atoms with Crippen molar-refractivity contribution in [3.05, 3.63) is 24.3 Å². The van der Waals surface area contributed by atoms with Crippen molar-refractivity contribution in [2.75, 3.05) is 33.9 Å². The average Bonchev–Trinajstić information content (AvgIpc) is 3.25. The van der Waals surface area contributed by atoms with Gasteiger partial charge in [0.25, 0.3) is 0 Å². The highest BCUT2D eigenvalue weighted by atomic mass is 16.5. The van der Waals surface area contributed by atoms with E-state index >= 15 is 0 Å². The lowest BCUT2D eigenvalue weighted by Crippen LogP contribution is -2.67. The zero-order chi connectivity index (χ0) is 20.4. The molecule has 0 radical (unpaired) electrons. The zero-order valence-electron chi connectivity index (χ0n) is 17.1. The summed E-state index contributed by atoms with van der Waals surface area (Å²) in [5.41, 5.74) is 3.38. The Hall–Kier alpha value is -2.32. The molecule has 2 saturated heterocycles. The maximum absolute atomic E-state index is 12.7. The minimum atomic E-state index is -0.0723. The Morgan fingerprint density at radius 1 is 1.21 bits per heavy atom. The number of hydrazine groups is 1. The van der Waals surface area contributed by atoms with Gasteiger partial charge in [-0.15, -0.1) is 0 Å². The number of fused-ring (bicyclic) bond motifs is 3. The number of ether oxygens (including phenoxy) is 2. The smallest absolute Gasteiger partial charge is 0.241 e. The summed E-state index contributed by atoms with van der Waals surface area (Å²) in [4.78, 5) is 27.2. The molecular weight excluding hydrogens is 372 g/mol. The van der Waals surface area contributed by atoms with Gasteiger partial charge in [0, 0.05) is 31.6 Å². The quantitative estimate of drug-likeness (QED) is 0.685. The Morgan fingerprint density at radius 3 is 2.79 bits per heavy atom. The van der Waals surface area contributed by atoms with Crippen LogP contribution in [0.15, 0.2) is 24.3 Å². The van der Waals surface area contributed by atoms with Crippen molar-refractivity contribution in [1.29, 1.82) is 0 Å². The molecule has 29 heavy (non-hydrogen) atoms. The van der Waals surface area contributed by atoms with E-state index in [1.54, 1.807) is 7.11 Å². The van der Waals surface area contributed by atoms with Crippen molar-refractivity contribution in [1.82, 2.24) is 20.7 Å². The van der Waals surface area contributed by atoms with E-state index < -0.39 is 0 Å². The number of hydrogen-bond acceptors (Lipinski definition) is 6. The molecule has 8 nitrogen and oxygen atoms in total. The van der Waals surface area contributed by atoms with Crippen LogP contribution in [0.3, 0.4) is 0 Å². The molecule has 3 aliphatic rings.